The van der Waals surface area contributed by atoms with E-state index >= 15 is 0 Å². The molecule has 1 aromatic heterocycles. The second-order valence-electron chi connectivity index (χ2n) is 4.95. The zero-order chi connectivity index (χ0) is 15.0. The molecule has 0 fully saturated rings. The molecule has 0 spiro atoms. The molecule has 0 atom stereocenters. The number of rotatable bonds is 10. The lowest BCUT2D eigenvalue weighted by atomic mass is 10.1. The second-order valence-corrected chi connectivity index (χ2v) is 7.41. The van der Waals surface area contributed by atoms with Gasteiger partial charge in [-0.05, 0) is 13.3 Å². The van der Waals surface area contributed by atoms with Gasteiger partial charge in [0.1, 0.15) is 5.82 Å². The predicted octanol–water partition coefficient (Wildman–Crippen LogP) is 3.52. The van der Waals surface area contributed by atoms with Gasteiger partial charge in [0.05, 0.1) is 0 Å². The molecule has 1 aromatic rings. The molecule has 0 aliphatic heterocycles. The fourth-order valence-electron chi connectivity index (χ4n) is 2.24. The van der Waals surface area contributed by atoms with Crippen LogP contribution in [0.3, 0.4) is 0 Å². The maximum absolute atomic E-state index is 11.3. The van der Waals surface area contributed by atoms with Crippen molar-refractivity contribution in [3.8, 4) is 0 Å². The first-order valence-corrected chi connectivity index (χ1v) is 9.68. The van der Waals surface area contributed by atoms with Crippen LogP contribution in [-0.4, -0.2) is 23.2 Å². The van der Waals surface area contributed by atoms with Crippen LogP contribution in [-0.2, 0) is 22.0 Å². The molecular formula is C13H24ClN3O2S. The first-order valence-electron chi connectivity index (χ1n) is 7.37. The monoisotopic (exact) mass is 321 g/mol. The van der Waals surface area contributed by atoms with Gasteiger partial charge < -0.3 is 4.57 Å². The molecule has 0 bridgehead atoms. The summed E-state index contributed by atoms with van der Waals surface area (Å²) in [6.07, 6.45) is 9.26. The highest BCUT2D eigenvalue weighted by molar-refractivity contribution is 8.13. The highest BCUT2D eigenvalue weighted by Crippen LogP contribution is 2.16. The molecule has 0 aromatic carbocycles. The first-order chi connectivity index (χ1) is 9.50. The minimum absolute atomic E-state index is 0.139. The molecule has 0 saturated heterocycles. The van der Waals surface area contributed by atoms with Crippen LogP contribution in [0, 0.1) is 0 Å². The summed E-state index contributed by atoms with van der Waals surface area (Å²) in [6.45, 7) is 4.59. The Bertz CT molecular complexity index is 500. The van der Waals surface area contributed by atoms with Gasteiger partial charge in [0.2, 0.25) is 0 Å². The average Bonchev–Trinajstić information content (AvgIpc) is 2.80. The summed E-state index contributed by atoms with van der Waals surface area (Å²) in [5.74, 6) is 0.709. The summed E-state index contributed by atoms with van der Waals surface area (Å²) in [4.78, 5) is 0. The lowest BCUT2D eigenvalue weighted by Gasteiger charge is -2.05. The van der Waals surface area contributed by atoms with Crippen LogP contribution < -0.4 is 0 Å². The summed E-state index contributed by atoms with van der Waals surface area (Å²) in [5.41, 5.74) is 0. The van der Waals surface area contributed by atoms with Crippen molar-refractivity contribution in [3.05, 3.63) is 5.82 Å². The van der Waals surface area contributed by atoms with Gasteiger partial charge in [-0.15, -0.1) is 10.2 Å². The average molecular weight is 322 g/mol. The van der Waals surface area contributed by atoms with Crippen LogP contribution in [0.1, 0.15) is 64.6 Å². The standard InChI is InChI=1S/C13H24ClN3O2S/c1-3-5-6-7-8-9-10-11-12-15-16-13(17(12)4-2)20(14,18)19/h3-11H2,1-2H3. The van der Waals surface area contributed by atoms with Gasteiger partial charge in [-0.25, -0.2) is 8.42 Å². The van der Waals surface area contributed by atoms with Gasteiger partial charge in [0.15, 0.2) is 0 Å². The lowest BCUT2D eigenvalue weighted by molar-refractivity contribution is 0.557. The van der Waals surface area contributed by atoms with Gasteiger partial charge in [0.25, 0.3) is 14.2 Å². The molecule has 0 aliphatic rings. The van der Waals surface area contributed by atoms with Crippen molar-refractivity contribution < 1.29 is 8.42 Å². The molecule has 0 unspecified atom stereocenters. The Kier molecular flexibility index (Phi) is 7.51. The maximum atomic E-state index is 11.3. The van der Waals surface area contributed by atoms with Crippen LogP contribution in [0.4, 0.5) is 0 Å². The van der Waals surface area contributed by atoms with Crippen LogP contribution in [0.25, 0.3) is 0 Å². The Labute approximate surface area is 126 Å². The van der Waals surface area contributed by atoms with Crippen molar-refractivity contribution in [3.63, 3.8) is 0 Å². The Morgan fingerprint density at radius 3 is 2.15 bits per heavy atom. The topological polar surface area (TPSA) is 64.8 Å². The molecule has 0 radical (unpaired) electrons. The summed E-state index contributed by atoms with van der Waals surface area (Å²) in [6, 6.07) is 0. The zero-order valence-corrected chi connectivity index (χ0v) is 13.9. The molecule has 1 heterocycles. The molecule has 20 heavy (non-hydrogen) atoms. The van der Waals surface area contributed by atoms with Crippen molar-refractivity contribution in [1.29, 1.82) is 0 Å². The Morgan fingerprint density at radius 2 is 1.60 bits per heavy atom. The van der Waals surface area contributed by atoms with Gasteiger partial charge >= 0.3 is 0 Å². The summed E-state index contributed by atoms with van der Waals surface area (Å²) < 4.78 is 24.3. The number of nitrogens with zero attached hydrogens (tertiary/aromatic N) is 3. The Hall–Kier alpha value is -0.620. The molecule has 0 amide bonds. The smallest absolute Gasteiger partial charge is 0.296 e. The Morgan fingerprint density at radius 1 is 1.00 bits per heavy atom. The van der Waals surface area contributed by atoms with Gasteiger partial charge in [-0.1, -0.05) is 45.4 Å². The SMILES string of the molecule is CCCCCCCCCc1nnc(S(=O)(=O)Cl)n1CC. The van der Waals surface area contributed by atoms with E-state index in [2.05, 4.69) is 17.1 Å². The van der Waals surface area contributed by atoms with Crippen molar-refractivity contribution in [2.45, 2.75) is 76.9 Å². The van der Waals surface area contributed by atoms with Crippen LogP contribution in [0.5, 0.6) is 0 Å². The van der Waals surface area contributed by atoms with E-state index in [0.717, 1.165) is 19.3 Å². The van der Waals surface area contributed by atoms with E-state index in [1.54, 1.807) is 4.57 Å². The first kappa shape index (κ1) is 17.4. The van der Waals surface area contributed by atoms with Crippen molar-refractivity contribution in [2.24, 2.45) is 0 Å². The molecule has 5 nitrogen and oxygen atoms in total. The number of hydrogen-bond acceptors (Lipinski definition) is 4. The number of aromatic nitrogens is 3. The van der Waals surface area contributed by atoms with Crippen LogP contribution in [0.2, 0.25) is 0 Å². The summed E-state index contributed by atoms with van der Waals surface area (Å²) in [5, 5.41) is 7.50. The van der Waals surface area contributed by atoms with Gasteiger partial charge in [0, 0.05) is 23.6 Å². The fraction of sp³-hybridized carbons (Fsp3) is 0.846. The van der Waals surface area contributed by atoms with E-state index in [1.165, 1.54) is 32.1 Å². The van der Waals surface area contributed by atoms with E-state index in [-0.39, 0.29) is 5.16 Å². The van der Waals surface area contributed by atoms with E-state index in [1.807, 2.05) is 6.92 Å². The number of halogens is 1. The third-order valence-electron chi connectivity index (χ3n) is 3.33. The molecule has 116 valence electrons. The van der Waals surface area contributed by atoms with E-state index < -0.39 is 9.05 Å². The van der Waals surface area contributed by atoms with E-state index in [9.17, 15) is 8.42 Å². The third-order valence-corrected chi connectivity index (χ3v) is 4.48. The van der Waals surface area contributed by atoms with Crippen molar-refractivity contribution >= 4 is 19.7 Å². The molecule has 0 saturated carbocycles. The van der Waals surface area contributed by atoms with Gasteiger partial charge in [-0.2, -0.15) is 0 Å². The second kappa shape index (κ2) is 8.62. The summed E-state index contributed by atoms with van der Waals surface area (Å²) >= 11 is 0. The maximum Gasteiger partial charge on any atom is 0.296 e. The fourth-order valence-corrected chi connectivity index (χ4v) is 3.22. The highest BCUT2D eigenvalue weighted by atomic mass is 35.7. The molecule has 1 rings (SSSR count). The van der Waals surface area contributed by atoms with E-state index in [0.29, 0.717) is 12.4 Å². The number of hydrogen-bond donors (Lipinski definition) is 0. The molecule has 7 heteroatoms. The molecule has 0 aliphatic carbocycles. The lowest BCUT2D eigenvalue weighted by Crippen LogP contribution is -2.08. The highest BCUT2D eigenvalue weighted by Gasteiger charge is 2.21. The normalized spacial score (nSPS) is 11.9. The third kappa shape index (κ3) is 5.40. The minimum Gasteiger partial charge on any atom is -0.301 e. The van der Waals surface area contributed by atoms with Crippen molar-refractivity contribution in [2.75, 3.05) is 0 Å². The predicted molar refractivity (Wildman–Crippen MR) is 80.4 cm³/mol. The Balaban J connectivity index is 2.43. The van der Waals surface area contributed by atoms with Gasteiger partial charge in [-0.3, -0.25) is 0 Å². The van der Waals surface area contributed by atoms with Crippen molar-refractivity contribution in [1.82, 2.24) is 14.8 Å². The number of unbranched alkanes of at least 4 members (excludes halogenated alkanes) is 6. The summed E-state index contributed by atoms with van der Waals surface area (Å²) in [7, 11) is 1.53. The number of aryl methyl sites for hydroxylation is 1. The largest absolute Gasteiger partial charge is 0.301 e. The molecular weight excluding hydrogens is 298 g/mol. The van der Waals surface area contributed by atoms with E-state index in [4.69, 9.17) is 10.7 Å². The zero-order valence-electron chi connectivity index (χ0n) is 12.3. The quantitative estimate of drug-likeness (QED) is 0.488. The van der Waals surface area contributed by atoms with Crippen LogP contribution in [0.15, 0.2) is 5.16 Å². The van der Waals surface area contributed by atoms with Crippen LogP contribution >= 0.6 is 10.7 Å². The molecule has 0 N–H and O–H groups in total. The minimum atomic E-state index is -3.81.